The van der Waals surface area contributed by atoms with Crippen molar-refractivity contribution < 1.29 is 18.7 Å². The van der Waals surface area contributed by atoms with Gasteiger partial charge in [-0.2, -0.15) is 5.26 Å². The standard InChI is InChI=1S/C15H6F2N2O2S/c16-10-3-7-1-8(14-19-6-12(22-14)15(20)21)2-9(5-18)13(7)11(17)4-10/h1-4,6H,(H,20,21). The van der Waals surface area contributed by atoms with Gasteiger partial charge in [-0.15, -0.1) is 11.3 Å². The van der Waals surface area contributed by atoms with E-state index in [-0.39, 0.29) is 21.2 Å². The minimum atomic E-state index is -1.11. The fraction of sp³-hybridized carbons (Fsp3) is 0. The second-order valence-electron chi connectivity index (χ2n) is 4.46. The number of rotatable bonds is 2. The molecule has 1 heterocycles. The van der Waals surface area contributed by atoms with Gasteiger partial charge in [-0.05, 0) is 23.6 Å². The van der Waals surface area contributed by atoms with Gasteiger partial charge in [-0.25, -0.2) is 18.6 Å². The van der Waals surface area contributed by atoms with Gasteiger partial charge in [0.05, 0.1) is 17.8 Å². The highest BCUT2D eigenvalue weighted by Gasteiger charge is 2.15. The molecule has 0 bridgehead atoms. The molecule has 0 aliphatic heterocycles. The highest BCUT2D eigenvalue weighted by atomic mass is 32.1. The van der Waals surface area contributed by atoms with Gasteiger partial charge >= 0.3 is 5.97 Å². The highest BCUT2D eigenvalue weighted by molar-refractivity contribution is 7.16. The summed E-state index contributed by atoms with van der Waals surface area (Å²) in [5, 5.41) is 18.7. The number of carbonyl (C=O) groups is 1. The summed E-state index contributed by atoms with van der Waals surface area (Å²) in [6.07, 6.45) is 1.20. The van der Waals surface area contributed by atoms with Crippen molar-refractivity contribution in [1.29, 1.82) is 5.26 Å². The third-order valence-electron chi connectivity index (χ3n) is 3.05. The van der Waals surface area contributed by atoms with Gasteiger partial charge in [0.15, 0.2) is 0 Å². The SMILES string of the molecule is N#Cc1cc(-c2ncc(C(=O)O)s2)cc2cc(F)cc(F)c12. The van der Waals surface area contributed by atoms with Crippen LogP contribution in [-0.2, 0) is 0 Å². The summed E-state index contributed by atoms with van der Waals surface area (Å²) >= 11 is 0.923. The molecule has 4 nitrogen and oxygen atoms in total. The maximum Gasteiger partial charge on any atom is 0.347 e. The summed E-state index contributed by atoms with van der Waals surface area (Å²) in [4.78, 5) is 14.9. The molecule has 0 aliphatic carbocycles. The summed E-state index contributed by atoms with van der Waals surface area (Å²) in [6, 6.07) is 6.59. The van der Waals surface area contributed by atoms with E-state index in [0.717, 1.165) is 23.5 Å². The van der Waals surface area contributed by atoms with Crippen LogP contribution in [0.1, 0.15) is 15.2 Å². The van der Waals surface area contributed by atoms with Gasteiger partial charge in [-0.1, -0.05) is 0 Å². The van der Waals surface area contributed by atoms with Crippen molar-refractivity contribution in [2.45, 2.75) is 0 Å². The maximum absolute atomic E-state index is 13.9. The lowest BCUT2D eigenvalue weighted by Gasteiger charge is -2.05. The first-order chi connectivity index (χ1) is 10.5. The molecule has 0 amide bonds. The van der Waals surface area contributed by atoms with Crippen LogP contribution in [0.3, 0.4) is 0 Å². The Bertz CT molecular complexity index is 960. The number of carboxylic acids is 1. The Kier molecular flexibility index (Phi) is 3.31. The number of aromatic carboxylic acids is 1. The molecule has 2 aromatic carbocycles. The summed E-state index contributed by atoms with van der Waals surface area (Å²) in [6.45, 7) is 0. The Morgan fingerprint density at radius 3 is 2.68 bits per heavy atom. The topological polar surface area (TPSA) is 74.0 Å². The zero-order valence-electron chi connectivity index (χ0n) is 10.8. The zero-order valence-corrected chi connectivity index (χ0v) is 11.6. The van der Waals surface area contributed by atoms with Crippen LogP contribution in [0.2, 0.25) is 0 Å². The van der Waals surface area contributed by atoms with Gasteiger partial charge in [0, 0.05) is 17.0 Å². The molecular weight excluding hydrogens is 310 g/mol. The van der Waals surface area contributed by atoms with Crippen LogP contribution < -0.4 is 0 Å². The number of halogens is 2. The second kappa shape index (κ2) is 5.16. The van der Waals surface area contributed by atoms with Crippen LogP contribution in [0, 0.1) is 23.0 Å². The minimum absolute atomic E-state index is 0.0302. The molecule has 22 heavy (non-hydrogen) atoms. The average Bonchev–Trinajstić information content (AvgIpc) is 2.95. The minimum Gasteiger partial charge on any atom is -0.477 e. The predicted octanol–water partition coefficient (Wildman–Crippen LogP) is 3.81. The molecule has 1 aromatic heterocycles. The molecular formula is C15H6F2N2O2S. The molecule has 0 radical (unpaired) electrons. The van der Waals surface area contributed by atoms with Crippen molar-refractivity contribution in [2.75, 3.05) is 0 Å². The molecule has 0 unspecified atom stereocenters. The number of fused-ring (bicyclic) bond motifs is 1. The summed E-state index contributed by atoms with van der Waals surface area (Å²) in [7, 11) is 0. The molecule has 3 rings (SSSR count). The van der Waals surface area contributed by atoms with E-state index in [1.165, 1.54) is 18.3 Å². The summed E-state index contributed by atoms with van der Waals surface area (Å²) < 4.78 is 27.2. The fourth-order valence-corrected chi connectivity index (χ4v) is 2.89. The predicted molar refractivity (Wildman–Crippen MR) is 76.6 cm³/mol. The first-order valence-corrected chi connectivity index (χ1v) is 6.83. The molecule has 108 valence electrons. The van der Waals surface area contributed by atoms with Crippen molar-refractivity contribution in [1.82, 2.24) is 4.98 Å². The first-order valence-electron chi connectivity index (χ1n) is 6.02. The number of nitrogens with zero attached hydrogens (tertiary/aromatic N) is 2. The number of aromatic nitrogens is 1. The lowest BCUT2D eigenvalue weighted by Crippen LogP contribution is -1.90. The quantitative estimate of drug-likeness (QED) is 0.780. The Labute approximate surface area is 126 Å². The highest BCUT2D eigenvalue weighted by Crippen LogP contribution is 2.32. The van der Waals surface area contributed by atoms with Crippen molar-refractivity contribution in [3.05, 3.63) is 52.5 Å². The largest absolute Gasteiger partial charge is 0.477 e. The van der Waals surface area contributed by atoms with Crippen molar-refractivity contribution in [3.8, 4) is 16.6 Å². The average molecular weight is 316 g/mol. The number of nitriles is 1. The molecule has 0 fully saturated rings. The van der Waals surface area contributed by atoms with E-state index in [0.29, 0.717) is 10.6 Å². The fourth-order valence-electron chi connectivity index (χ4n) is 2.15. The lowest BCUT2D eigenvalue weighted by atomic mass is 10.0. The Balaban J connectivity index is 2.27. The van der Waals surface area contributed by atoms with E-state index in [2.05, 4.69) is 4.98 Å². The van der Waals surface area contributed by atoms with Crippen LogP contribution in [0.5, 0.6) is 0 Å². The van der Waals surface area contributed by atoms with Crippen LogP contribution in [0.4, 0.5) is 8.78 Å². The number of carboxylic acid groups (broad SMARTS) is 1. The van der Waals surface area contributed by atoms with Gasteiger partial charge in [-0.3, -0.25) is 0 Å². The van der Waals surface area contributed by atoms with E-state index in [4.69, 9.17) is 5.11 Å². The molecule has 1 N–H and O–H groups in total. The number of thiazole rings is 1. The van der Waals surface area contributed by atoms with E-state index >= 15 is 0 Å². The smallest absolute Gasteiger partial charge is 0.347 e. The van der Waals surface area contributed by atoms with Crippen molar-refractivity contribution in [3.63, 3.8) is 0 Å². The number of hydrogen-bond donors (Lipinski definition) is 1. The second-order valence-corrected chi connectivity index (χ2v) is 5.49. The summed E-state index contributed by atoms with van der Waals surface area (Å²) in [5.74, 6) is -2.68. The maximum atomic E-state index is 13.9. The first kappa shape index (κ1) is 14.1. The van der Waals surface area contributed by atoms with E-state index < -0.39 is 17.6 Å². The Hall–Kier alpha value is -2.85. The zero-order chi connectivity index (χ0) is 15.9. The molecule has 0 atom stereocenters. The van der Waals surface area contributed by atoms with Gasteiger partial charge in [0.1, 0.15) is 21.5 Å². The monoisotopic (exact) mass is 316 g/mol. The third-order valence-corrected chi connectivity index (χ3v) is 4.08. The van der Waals surface area contributed by atoms with Crippen LogP contribution in [0.25, 0.3) is 21.3 Å². The number of hydrogen-bond acceptors (Lipinski definition) is 4. The van der Waals surface area contributed by atoms with E-state index in [1.54, 1.807) is 0 Å². The van der Waals surface area contributed by atoms with Crippen LogP contribution in [-0.4, -0.2) is 16.1 Å². The Morgan fingerprint density at radius 1 is 1.27 bits per heavy atom. The van der Waals surface area contributed by atoms with Crippen LogP contribution >= 0.6 is 11.3 Å². The van der Waals surface area contributed by atoms with Gasteiger partial charge in [0.2, 0.25) is 0 Å². The van der Waals surface area contributed by atoms with E-state index in [1.807, 2.05) is 6.07 Å². The normalized spacial score (nSPS) is 10.6. The van der Waals surface area contributed by atoms with Crippen molar-refractivity contribution in [2.24, 2.45) is 0 Å². The number of benzene rings is 2. The van der Waals surface area contributed by atoms with Gasteiger partial charge < -0.3 is 5.11 Å². The van der Waals surface area contributed by atoms with Gasteiger partial charge in [0.25, 0.3) is 0 Å². The summed E-state index contributed by atoms with van der Waals surface area (Å²) in [5.41, 5.74) is 0.476. The molecule has 0 saturated heterocycles. The third kappa shape index (κ3) is 2.29. The molecule has 0 spiro atoms. The molecule has 7 heteroatoms. The Morgan fingerprint density at radius 2 is 2.05 bits per heavy atom. The molecule has 0 aliphatic rings. The molecule has 0 saturated carbocycles. The molecule has 3 aromatic rings. The lowest BCUT2D eigenvalue weighted by molar-refractivity contribution is 0.0702. The van der Waals surface area contributed by atoms with Crippen LogP contribution in [0.15, 0.2) is 30.5 Å². The van der Waals surface area contributed by atoms with Crippen molar-refractivity contribution >= 4 is 28.1 Å². The van der Waals surface area contributed by atoms with E-state index in [9.17, 15) is 18.8 Å².